The third-order valence-corrected chi connectivity index (χ3v) is 2.49. The summed E-state index contributed by atoms with van der Waals surface area (Å²) >= 11 is 0. The minimum absolute atomic E-state index is 0.662. The molecular weight excluding hydrogens is 122 g/mol. The lowest BCUT2D eigenvalue weighted by molar-refractivity contribution is 0.174. The number of rotatable bonds is 4. The molecule has 0 aromatic rings. The van der Waals surface area contributed by atoms with Crippen molar-refractivity contribution >= 4 is 0 Å². The Morgan fingerprint density at radius 2 is 2.00 bits per heavy atom. The Labute approximate surface area is 64.2 Å². The van der Waals surface area contributed by atoms with Crippen molar-refractivity contribution in [1.82, 2.24) is 5.32 Å². The van der Waals surface area contributed by atoms with Crippen LogP contribution in [0.1, 0.15) is 39.5 Å². The van der Waals surface area contributed by atoms with Crippen LogP contribution in [0.5, 0.6) is 0 Å². The summed E-state index contributed by atoms with van der Waals surface area (Å²) in [7, 11) is 0. The first-order valence-corrected chi connectivity index (χ1v) is 4.47. The smallest absolute Gasteiger partial charge is 0.00176 e. The average molecular weight is 141 g/mol. The van der Waals surface area contributed by atoms with Crippen LogP contribution in [0.25, 0.3) is 0 Å². The first-order chi connectivity index (χ1) is 4.77. The van der Waals surface area contributed by atoms with Gasteiger partial charge in [0.1, 0.15) is 0 Å². The number of hydrogen-bond acceptors (Lipinski definition) is 1. The van der Waals surface area contributed by atoms with Crippen LogP contribution in [0.4, 0.5) is 0 Å². The van der Waals surface area contributed by atoms with E-state index in [9.17, 15) is 0 Å². The summed E-state index contributed by atoms with van der Waals surface area (Å²) in [5, 5.41) is 3.33. The normalized spacial score (nSPS) is 22.2. The van der Waals surface area contributed by atoms with Gasteiger partial charge in [-0.15, -0.1) is 0 Å². The van der Waals surface area contributed by atoms with E-state index in [2.05, 4.69) is 19.2 Å². The molecule has 1 heterocycles. The summed E-state index contributed by atoms with van der Waals surface area (Å²) in [5.74, 6) is 0. The molecule has 0 aromatic carbocycles. The Bertz CT molecular complexity index is 94.9. The van der Waals surface area contributed by atoms with E-state index in [1.165, 1.54) is 38.8 Å². The third-order valence-electron chi connectivity index (χ3n) is 2.49. The maximum atomic E-state index is 3.33. The molecule has 1 aliphatic heterocycles. The highest BCUT2D eigenvalue weighted by Crippen LogP contribution is 2.28. The fourth-order valence-electron chi connectivity index (χ4n) is 1.53. The van der Waals surface area contributed by atoms with Crippen LogP contribution in [0.15, 0.2) is 0 Å². The standard InChI is InChI=1S/C9H19N/c1-3-4-5-6-9(2)7-10-8-9/h10H,3-8H2,1-2H3. The lowest BCUT2D eigenvalue weighted by Gasteiger charge is -2.39. The fourth-order valence-corrected chi connectivity index (χ4v) is 1.53. The predicted octanol–water partition coefficient (Wildman–Crippen LogP) is 2.18. The van der Waals surface area contributed by atoms with E-state index in [1.807, 2.05) is 0 Å². The predicted molar refractivity (Wildman–Crippen MR) is 45.1 cm³/mol. The molecule has 0 radical (unpaired) electrons. The van der Waals surface area contributed by atoms with Crippen LogP contribution < -0.4 is 5.32 Å². The van der Waals surface area contributed by atoms with Crippen molar-refractivity contribution in [2.24, 2.45) is 5.41 Å². The molecule has 0 aromatic heterocycles. The zero-order valence-electron chi connectivity index (χ0n) is 7.24. The van der Waals surface area contributed by atoms with Gasteiger partial charge in [-0.3, -0.25) is 0 Å². The summed E-state index contributed by atoms with van der Waals surface area (Å²) in [6.45, 7) is 7.15. The van der Waals surface area contributed by atoms with Crippen LogP contribution in [0.2, 0.25) is 0 Å². The van der Waals surface area contributed by atoms with Gasteiger partial charge in [0.05, 0.1) is 0 Å². The number of unbranched alkanes of at least 4 members (excludes halogenated alkanes) is 2. The van der Waals surface area contributed by atoms with Crippen LogP contribution in [0.3, 0.4) is 0 Å². The molecular formula is C9H19N. The minimum atomic E-state index is 0.662. The Balaban J connectivity index is 2.01. The van der Waals surface area contributed by atoms with Crippen molar-refractivity contribution in [2.75, 3.05) is 13.1 Å². The zero-order chi connectivity index (χ0) is 7.45. The number of hydrogen-bond donors (Lipinski definition) is 1. The van der Waals surface area contributed by atoms with Gasteiger partial charge in [0.25, 0.3) is 0 Å². The van der Waals surface area contributed by atoms with E-state index in [1.54, 1.807) is 0 Å². The van der Waals surface area contributed by atoms with Gasteiger partial charge in [0.2, 0.25) is 0 Å². The van der Waals surface area contributed by atoms with Crippen LogP contribution in [0, 0.1) is 5.41 Å². The lowest BCUT2D eigenvalue weighted by Crippen LogP contribution is -2.51. The molecule has 1 heteroatoms. The summed E-state index contributed by atoms with van der Waals surface area (Å²) < 4.78 is 0. The molecule has 1 rings (SSSR count). The van der Waals surface area contributed by atoms with Gasteiger partial charge in [0.15, 0.2) is 0 Å². The molecule has 0 amide bonds. The quantitative estimate of drug-likeness (QED) is 0.592. The van der Waals surface area contributed by atoms with Crippen LogP contribution >= 0.6 is 0 Å². The highest BCUT2D eigenvalue weighted by atomic mass is 15.0. The molecule has 0 aliphatic carbocycles. The highest BCUT2D eigenvalue weighted by molar-refractivity contribution is 4.87. The van der Waals surface area contributed by atoms with Gasteiger partial charge in [0, 0.05) is 13.1 Å². The second-order valence-electron chi connectivity index (χ2n) is 3.87. The Kier molecular flexibility index (Phi) is 2.72. The maximum Gasteiger partial charge on any atom is 0.00176 e. The molecule has 1 nitrogen and oxygen atoms in total. The van der Waals surface area contributed by atoms with Crippen LogP contribution in [-0.4, -0.2) is 13.1 Å². The minimum Gasteiger partial charge on any atom is -0.316 e. The Hall–Kier alpha value is -0.0400. The van der Waals surface area contributed by atoms with Crippen LogP contribution in [-0.2, 0) is 0 Å². The Morgan fingerprint density at radius 1 is 1.30 bits per heavy atom. The first-order valence-electron chi connectivity index (χ1n) is 4.47. The van der Waals surface area contributed by atoms with Crippen molar-refractivity contribution in [3.63, 3.8) is 0 Å². The third kappa shape index (κ3) is 1.98. The zero-order valence-corrected chi connectivity index (χ0v) is 7.24. The fraction of sp³-hybridized carbons (Fsp3) is 1.00. The van der Waals surface area contributed by atoms with E-state index < -0.39 is 0 Å². The largest absolute Gasteiger partial charge is 0.316 e. The first kappa shape index (κ1) is 8.06. The maximum absolute atomic E-state index is 3.33. The second-order valence-corrected chi connectivity index (χ2v) is 3.87. The van der Waals surface area contributed by atoms with E-state index >= 15 is 0 Å². The van der Waals surface area contributed by atoms with E-state index in [4.69, 9.17) is 0 Å². The highest BCUT2D eigenvalue weighted by Gasteiger charge is 2.30. The molecule has 1 saturated heterocycles. The van der Waals surface area contributed by atoms with Gasteiger partial charge in [-0.1, -0.05) is 33.1 Å². The summed E-state index contributed by atoms with van der Waals surface area (Å²) in [5.41, 5.74) is 0.662. The Morgan fingerprint density at radius 3 is 2.40 bits per heavy atom. The molecule has 10 heavy (non-hydrogen) atoms. The molecule has 0 saturated carbocycles. The van der Waals surface area contributed by atoms with Gasteiger partial charge < -0.3 is 5.32 Å². The van der Waals surface area contributed by atoms with E-state index in [0.717, 1.165) is 0 Å². The summed E-state index contributed by atoms with van der Waals surface area (Å²) in [6, 6.07) is 0. The topological polar surface area (TPSA) is 12.0 Å². The number of nitrogens with one attached hydrogen (secondary N) is 1. The summed E-state index contributed by atoms with van der Waals surface area (Å²) in [6.07, 6.45) is 5.61. The molecule has 1 aliphatic rings. The molecule has 1 fully saturated rings. The molecule has 0 spiro atoms. The molecule has 0 bridgehead atoms. The van der Waals surface area contributed by atoms with Crippen molar-refractivity contribution in [1.29, 1.82) is 0 Å². The monoisotopic (exact) mass is 141 g/mol. The van der Waals surface area contributed by atoms with Gasteiger partial charge in [-0.05, 0) is 11.8 Å². The van der Waals surface area contributed by atoms with Gasteiger partial charge >= 0.3 is 0 Å². The average Bonchev–Trinajstić information content (AvgIpc) is 1.85. The van der Waals surface area contributed by atoms with Crippen molar-refractivity contribution in [3.05, 3.63) is 0 Å². The van der Waals surface area contributed by atoms with Crippen molar-refractivity contribution in [3.8, 4) is 0 Å². The van der Waals surface area contributed by atoms with Gasteiger partial charge in [-0.25, -0.2) is 0 Å². The molecule has 60 valence electrons. The van der Waals surface area contributed by atoms with E-state index in [0.29, 0.717) is 5.41 Å². The van der Waals surface area contributed by atoms with E-state index in [-0.39, 0.29) is 0 Å². The summed E-state index contributed by atoms with van der Waals surface area (Å²) in [4.78, 5) is 0. The SMILES string of the molecule is CCCCCC1(C)CNC1. The van der Waals surface area contributed by atoms with Crippen molar-refractivity contribution in [2.45, 2.75) is 39.5 Å². The molecule has 0 atom stereocenters. The molecule has 0 unspecified atom stereocenters. The molecule has 1 N–H and O–H groups in total. The van der Waals surface area contributed by atoms with Gasteiger partial charge in [-0.2, -0.15) is 0 Å². The second kappa shape index (κ2) is 3.38. The lowest BCUT2D eigenvalue weighted by atomic mass is 9.79. The van der Waals surface area contributed by atoms with Crippen molar-refractivity contribution < 1.29 is 0 Å².